The number of anilines is 2. The number of carbonyl (C=O) groups excluding carboxylic acids is 2. The summed E-state index contributed by atoms with van der Waals surface area (Å²) in [4.78, 5) is 26.3. The maximum Gasteiger partial charge on any atom is 0.418 e. The number of hydrogen-bond donors (Lipinski definition) is 3. The molecule has 0 atom stereocenters. The Morgan fingerprint density at radius 3 is 1.86 bits per heavy atom. The van der Waals surface area contributed by atoms with Crippen molar-refractivity contribution in [2.45, 2.75) is 39.2 Å². The van der Waals surface area contributed by atoms with Gasteiger partial charge in [0.05, 0.1) is 0 Å². The highest BCUT2D eigenvalue weighted by atomic mass is 16.6. The quantitative estimate of drug-likeness (QED) is 0.644. The molecular weight excluding hydrogens is 368 g/mol. The Labute approximate surface area is 172 Å². The topological polar surface area (TPSA) is 111 Å². The highest BCUT2D eigenvalue weighted by Crippen LogP contribution is 2.12. The number of nitrogens with one attached hydrogen (secondary N) is 1. The van der Waals surface area contributed by atoms with Gasteiger partial charge in [0, 0.05) is 24.5 Å². The third-order valence-electron chi connectivity index (χ3n) is 4.13. The molecule has 0 aliphatic heterocycles. The second kappa shape index (κ2) is 9.82. The van der Waals surface area contributed by atoms with Crippen LogP contribution in [0.5, 0.6) is 0 Å². The summed E-state index contributed by atoms with van der Waals surface area (Å²) in [6.45, 7) is 5.89. The van der Waals surface area contributed by atoms with Crippen molar-refractivity contribution < 1.29 is 14.3 Å². The molecule has 0 fully saturated rings. The second-order valence-corrected chi connectivity index (χ2v) is 7.85. The number of hydrogen-bond acceptors (Lipinski definition) is 5. The fourth-order valence-corrected chi connectivity index (χ4v) is 2.61. The highest BCUT2D eigenvalue weighted by molar-refractivity contribution is 5.91. The van der Waals surface area contributed by atoms with Gasteiger partial charge in [-0.15, -0.1) is 0 Å². The lowest BCUT2D eigenvalue weighted by atomic mass is 10.1. The van der Waals surface area contributed by atoms with Crippen LogP contribution in [0.3, 0.4) is 0 Å². The molecule has 156 valence electrons. The number of rotatable bonds is 6. The van der Waals surface area contributed by atoms with Gasteiger partial charge in [-0.3, -0.25) is 0 Å². The Bertz CT molecular complexity index is 811. The molecule has 0 aromatic heterocycles. The number of benzene rings is 2. The summed E-state index contributed by atoms with van der Waals surface area (Å²) in [5.41, 5.74) is 14.1. The van der Waals surface area contributed by atoms with Crippen molar-refractivity contribution in [3.63, 3.8) is 0 Å². The van der Waals surface area contributed by atoms with E-state index in [1.807, 2.05) is 36.4 Å². The zero-order valence-corrected chi connectivity index (χ0v) is 17.3. The van der Waals surface area contributed by atoms with E-state index in [0.29, 0.717) is 30.8 Å². The molecule has 0 bridgehead atoms. The Balaban J connectivity index is 1.98. The summed E-state index contributed by atoms with van der Waals surface area (Å²) in [5, 5.41) is 2.79. The molecule has 29 heavy (non-hydrogen) atoms. The first-order valence-corrected chi connectivity index (χ1v) is 9.61. The van der Waals surface area contributed by atoms with E-state index in [-0.39, 0.29) is 6.54 Å². The summed E-state index contributed by atoms with van der Waals surface area (Å²) in [6.07, 6.45) is 0.467. The normalized spacial score (nSPS) is 11.0. The van der Waals surface area contributed by atoms with Gasteiger partial charge >= 0.3 is 12.1 Å². The van der Waals surface area contributed by atoms with E-state index in [9.17, 15) is 9.59 Å². The standard InChI is InChI=1S/C22H30N4O3/c1-22(2,3)29-21(28)26(15-13-17-6-10-19(24)11-7-17)20(27)25-14-12-16-4-8-18(23)9-5-16/h4-11H,12-15,23-24H2,1-3H3,(H,25,27). The summed E-state index contributed by atoms with van der Waals surface area (Å²) in [5.74, 6) is 0. The van der Waals surface area contributed by atoms with Crippen molar-refractivity contribution in [3.8, 4) is 0 Å². The van der Waals surface area contributed by atoms with Crippen molar-refractivity contribution in [1.29, 1.82) is 0 Å². The van der Waals surface area contributed by atoms with E-state index in [2.05, 4.69) is 5.32 Å². The predicted octanol–water partition coefficient (Wildman–Crippen LogP) is 3.58. The molecule has 0 saturated heterocycles. The van der Waals surface area contributed by atoms with Gasteiger partial charge in [0.25, 0.3) is 0 Å². The van der Waals surface area contributed by atoms with Gasteiger partial charge in [-0.25, -0.2) is 14.5 Å². The fraction of sp³-hybridized carbons (Fsp3) is 0.364. The number of amides is 3. The van der Waals surface area contributed by atoms with Crippen molar-refractivity contribution >= 4 is 23.5 Å². The number of ether oxygens (including phenoxy) is 1. The third-order valence-corrected chi connectivity index (χ3v) is 4.13. The van der Waals surface area contributed by atoms with Crippen LogP contribution in [0.25, 0.3) is 0 Å². The zero-order chi connectivity index (χ0) is 21.4. The van der Waals surface area contributed by atoms with Crippen molar-refractivity contribution in [3.05, 3.63) is 59.7 Å². The van der Waals surface area contributed by atoms with Gasteiger partial charge in [0.2, 0.25) is 0 Å². The van der Waals surface area contributed by atoms with Gasteiger partial charge in [-0.05, 0) is 69.0 Å². The van der Waals surface area contributed by atoms with Crippen LogP contribution in [0.4, 0.5) is 21.0 Å². The fourth-order valence-electron chi connectivity index (χ4n) is 2.61. The van der Waals surface area contributed by atoms with Gasteiger partial charge < -0.3 is 21.5 Å². The molecule has 5 N–H and O–H groups in total. The molecule has 3 amide bonds. The summed E-state index contributed by atoms with van der Waals surface area (Å²) < 4.78 is 5.40. The molecule has 0 radical (unpaired) electrons. The van der Waals surface area contributed by atoms with E-state index < -0.39 is 17.7 Å². The SMILES string of the molecule is CC(C)(C)OC(=O)N(CCc1ccc(N)cc1)C(=O)NCCc1ccc(N)cc1. The minimum absolute atomic E-state index is 0.201. The number of nitrogens with zero attached hydrogens (tertiary/aromatic N) is 1. The molecule has 2 aromatic carbocycles. The molecular formula is C22H30N4O3. The first-order chi connectivity index (χ1) is 13.6. The zero-order valence-electron chi connectivity index (χ0n) is 17.3. The van der Waals surface area contributed by atoms with Crippen LogP contribution in [-0.4, -0.2) is 35.7 Å². The van der Waals surface area contributed by atoms with Crippen LogP contribution in [-0.2, 0) is 17.6 Å². The Morgan fingerprint density at radius 1 is 0.897 bits per heavy atom. The number of urea groups is 1. The average Bonchev–Trinajstić information content (AvgIpc) is 2.63. The number of nitrogens with two attached hydrogens (primary N) is 2. The summed E-state index contributed by atoms with van der Waals surface area (Å²) >= 11 is 0. The van der Waals surface area contributed by atoms with Gasteiger partial charge in [-0.1, -0.05) is 24.3 Å². The van der Waals surface area contributed by atoms with Gasteiger partial charge in [-0.2, -0.15) is 0 Å². The molecule has 2 rings (SSSR count). The molecule has 0 heterocycles. The molecule has 0 spiro atoms. The van der Waals surface area contributed by atoms with Gasteiger partial charge in [0.15, 0.2) is 0 Å². The van der Waals surface area contributed by atoms with E-state index in [1.165, 1.54) is 0 Å². The maximum atomic E-state index is 12.7. The Hall–Kier alpha value is -3.22. The summed E-state index contributed by atoms with van der Waals surface area (Å²) in [6, 6.07) is 14.3. The first kappa shape index (κ1) is 22.1. The van der Waals surface area contributed by atoms with Crippen molar-refractivity contribution in [2.75, 3.05) is 24.6 Å². The average molecular weight is 399 g/mol. The van der Waals surface area contributed by atoms with Crippen molar-refractivity contribution in [1.82, 2.24) is 10.2 Å². The van der Waals surface area contributed by atoms with E-state index >= 15 is 0 Å². The number of nitrogen functional groups attached to an aromatic ring is 2. The number of carbonyl (C=O) groups is 2. The molecule has 0 unspecified atom stereocenters. The molecule has 0 aliphatic carbocycles. The van der Waals surface area contributed by atoms with Crippen LogP contribution >= 0.6 is 0 Å². The lowest BCUT2D eigenvalue weighted by Gasteiger charge is -2.26. The third kappa shape index (κ3) is 7.73. The second-order valence-electron chi connectivity index (χ2n) is 7.85. The summed E-state index contributed by atoms with van der Waals surface area (Å²) in [7, 11) is 0. The maximum absolute atomic E-state index is 12.7. The highest BCUT2D eigenvalue weighted by Gasteiger charge is 2.26. The molecule has 0 saturated carbocycles. The van der Waals surface area contributed by atoms with Crippen LogP contribution < -0.4 is 16.8 Å². The minimum Gasteiger partial charge on any atom is -0.443 e. The molecule has 0 aliphatic rings. The minimum atomic E-state index is -0.694. The molecule has 7 heteroatoms. The van der Waals surface area contributed by atoms with Crippen LogP contribution in [0.15, 0.2) is 48.5 Å². The largest absolute Gasteiger partial charge is 0.443 e. The molecule has 2 aromatic rings. The Morgan fingerprint density at radius 2 is 1.38 bits per heavy atom. The van der Waals surface area contributed by atoms with Crippen LogP contribution in [0.2, 0.25) is 0 Å². The molecule has 7 nitrogen and oxygen atoms in total. The van der Waals surface area contributed by atoms with Crippen LogP contribution in [0, 0.1) is 0 Å². The monoisotopic (exact) mass is 398 g/mol. The van der Waals surface area contributed by atoms with Gasteiger partial charge in [0.1, 0.15) is 5.60 Å². The predicted molar refractivity (Wildman–Crippen MR) is 115 cm³/mol. The first-order valence-electron chi connectivity index (χ1n) is 9.61. The van der Waals surface area contributed by atoms with E-state index in [4.69, 9.17) is 16.2 Å². The number of imide groups is 1. The van der Waals surface area contributed by atoms with Crippen LogP contribution in [0.1, 0.15) is 31.9 Å². The Kier molecular flexibility index (Phi) is 7.47. The van der Waals surface area contributed by atoms with E-state index in [1.54, 1.807) is 32.9 Å². The lowest BCUT2D eigenvalue weighted by molar-refractivity contribution is 0.0323. The lowest BCUT2D eigenvalue weighted by Crippen LogP contribution is -2.47. The smallest absolute Gasteiger partial charge is 0.418 e. The van der Waals surface area contributed by atoms with Crippen molar-refractivity contribution in [2.24, 2.45) is 0 Å². The van der Waals surface area contributed by atoms with E-state index in [0.717, 1.165) is 16.0 Å².